The first-order valence-electron chi connectivity index (χ1n) is 9.21. The molecule has 1 fully saturated rings. The molecule has 0 aromatic heterocycles. The average Bonchev–Trinajstić information content (AvgIpc) is 2.56. The third-order valence-electron chi connectivity index (χ3n) is 5.11. The highest BCUT2D eigenvalue weighted by atomic mass is 16.6. The van der Waals surface area contributed by atoms with Gasteiger partial charge in [0.1, 0.15) is 12.2 Å². The van der Waals surface area contributed by atoms with Crippen molar-refractivity contribution in [2.45, 2.75) is 65.8 Å². The van der Waals surface area contributed by atoms with Crippen LogP contribution in [-0.2, 0) is 28.6 Å². The SMILES string of the molecule is CC[C@@H](C)CC(=O)O[C@@H]1C(=O)[C@@H](CO)[C@@H](OC)[C@@H](OC(C)=O)[C@H]1C(C)C. The van der Waals surface area contributed by atoms with E-state index >= 15 is 0 Å². The van der Waals surface area contributed by atoms with E-state index in [-0.39, 0.29) is 24.0 Å². The van der Waals surface area contributed by atoms with Gasteiger partial charge in [-0.1, -0.05) is 34.1 Å². The van der Waals surface area contributed by atoms with Crippen LogP contribution in [0.5, 0.6) is 0 Å². The van der Waals surface area contributed by atoms with Gasteiger partial charge in [-0.05, 0) is 11.8 Å². The second-order valence-corrected chi connectivity index (χ2v) is 7.42. The van der Waals surface area contributed by atoms with Crippen LogP contribution in [0.25, 0.3) is 0 Å². The third-order valence-corrected chi connectivity index (χ3v) is 5.11. The fraction of sp³-hybridized carbons (Fsp3) is 0.842. The monoisotopic (exact) mass is 372 g/mol. The van der Waals surface area contributed by atoms with E-state index in [4.69, 9.17) is 14.2 Å². The lowest BCUT2D eigenvalue weighted by molar-refractivity contribution is -0.199. The second kappa shape index (κ2) is 10.0. The summed E-state index contributed by atoms with van der Waals surface area (Å²) in [7, 11) is 1.41. The molecule has 0 heterocycles. The molecule has 150 valence electrons. The molecule has 0 bridgehead atoms. The number of aliphatic hydroxyl groups is 1. The van der Waals surface area contributed by atoms with E-state index in [1.54, 1.807) is 0 Å². The maximum Gasteiger partial charge on any atom is 0.306 e. The molecular formula is C19H32O7. The van der Waals surface area contributed by atoms with Crippen LogP contribution in [0.1, 0.15) is 47.5 Å². The van der Waals surface area contributed by atoms with Gasteiger partial charge in [0.05, 0.1) is 12.5 Å². The van der Waals surface area contributed by atoms with Gasteiger partial charge in [-0.2, -0.15) is 0 Å². The number of carbonyl (C=O) groups excluding carboxylic acids is 3. The molecule has 7 nitrogen and oxygen atoms in total. The molecule has 0 spiro atoms. The minimum absolute atomic E-state index is 0.109. The smallest absolute Gasteiger partial charge is 0.306 e. The Labute approximate surface area is 155 Å². The van der Waals surface area contributed by atoms with Crippen LogP contribution in [0, 0.1) is 23.7 Å². The van der Waals surface area contributed by atoms with Gasteiger partial charge in [-0.15, -0.1) is 0 Å². The first-order chi connectivity index (χ1) is 12.2. The van der Waals surface area contributed by atoms with Crippen molar-refractivity contribution < 1.29 is 33.7 Å². The average molecular weight is 372 g/mol. The Bertz CT molecular complexity index is 502. The summed E-state index contributed by atoms with van der Waals surface area (Å²) in [6, 6.07) is 0. The number of Topliss-reactive ketones (excluding diaryl/α,β-unsaturated/α-hetero) is 1. The zero-order valence-electron chi connectivity index (χ0n) is 16.6. The molecule has 0 unspecified atom stereocenters. The first-order valence-corrected chi connectivity index (χ1v) is 9.21. The highest BCUT2D eigenvalue weighted by molar-refractivity contribution is 5.90. The maximum atomic E-state index is 12.9. The number of hydrogen-bond acceptors (Lipinski definition) is 7. The molecular weight excluding hydrogens is 340 g/mol. The summed E-state index contributed by atoms with van der Waals surface area (Å²) >= 11 is 0. The van der Waals surface area contributed by atoms with Crippen LogP contribution >= 0.6 is 0 Å². The quantitative estimate of drug-likeness (QED) is 0.648. The topological polar surface area (TPSA) is 99.1 Å². The van der Waals surface area contributed by atoms with Crippen molar-refractivity contribution in [2.24, 2.45) is 23.7 Å². The van der Waals surface area contributed by atoms with Crippen LogP contribution in [0.3, 0.4) is 0 Å². The lowest BCUT2D eigenvalue weighted by atomic mass is 9.70. The van der Waals surface area contributed by atoms with Crippen LogP contribution < -0.4 is 0 Å². The summed E-state index contributed by atoms with van der Waals surface area (Å²) < 4.78 is 16.4. The fourth-order valence-electron chi connectivity index (χ4n) is 3.50. The van der Waals surface area contributed by atoms with Crippen LogP contribution in [0.15, 0.2) is 0 Å². The van der Waals surface area contributed by atoms with Gasteiger partial charge < -0.3 is 19.3 Å². The van der Waals surface area contributed by atoms with E-state index in [9.17, 15) is 19.5 Å². The molecule has 1 N–H and O–H groups in total. The van der Waals surface area contributed by atoms with Crippen molar-refractivity contribution in [1.82, 2.24) is 0 Å². The summed E-state index contributed by atoms with van der Waals surface area (Å²) in [5, 5.41) is 9.69. The third kappa shape index (κ3) is 5.27. The predicted molar refractivity (Wildman–Crippen MR) is 94.2 cm³/mol. The molecule has 0 amide bonds. The minimum atomic E-state index is -1.07. The number of esters is 2. The fourth-order valence-corrected chi connectivity index (χ4v) is 3.50. The minimum Gasteiger partial charge on any atom is -0.459 e. The zero-order valence-corrected chi connectivity index (χ0v) is 16.6. The number of carbonyl (C=O) groups is 3. The van der Waals surface area contributed by atoms with Gasteiger partial charge in [0.25, 0.3) is 0 Å². The number of hydrogen-bond donors (Lipinski definition) is 1. The Morgan fingerprint density at radius 3 is 2.19 bits per heavy atom. The number of ketones is 1. The van der Waals surface area contributed by atoms with Crippen molar-refractivity contribution in [3.05, 3.63) is 0 Å². The highest BCUT2D eigenvalue weighted by Crippen LogP contribution is 2.37. The standard InChI is InChI=1S/C19H32O7/c1-7-11(4)8-14(22)26-18-15(10(2)3)19(25-12(5)21)17(24-6)13(9-20)16(18)23/h10-11,13,15,17-20H,7-9H2,1-6H3/t11-,13-,15+,17-,18+,19+/m1/s1. The molecule has 0 aromatic rings. The summed E-state index contributed by atoms with van der Waals surface area (Å²) in [6.45, 7) is 8.45. The Morgan fingerprint density at radius 2 is 1.77 bits per heavy atom. The summed E-state index contributed by atoms with van der Waals surface area (Å²) in [4.78, 5) is 36.8. The Balaban J connectivity index is 3.19. The maximum absolute atomic E-state index is 12.9. The molecule has 0 saturated heterocycles. The van der Waals surface area contributed by atoms with E-state index in [1.807, 2.05) is 27.7 Å². The Kier molecular flexibility index (Phi) is 8.70. The van der Waals surface area contributed by atoms with E-state index in [2.05, 4.69) is 0 Å². The van der Waals surface area contributed by atoms with E-state index in [0.29, 0.717) is 0 Å². The van der Waals surface area contributed by atoms with Gasteiger partial charge in [0, 0.05) is 26.4 Å². The lowest BCUT2D eigenvalue weighted by Gasteiger charge is -2.45. The molecule has 1 rings (SSSR count). The molecule has 0 aromatic carbocycles. The summed E-state index contributed by atoms with van der Waals surface area (Å²) in [5.74, 6) is -2.79. The summed E-state index contributed by atoms with van der Waals surface area (Å²) in [5.41, 5.74) is 0. The van der Waals surface area contributed by atoms with Crippen molar-refractivity contribution in [2.75, 3.05) is 13.7 Å². The predicted octanol–water partition coefficient (Wildman–Crippen LogP) is 1.74. The van der Waals surface area contributed by atoms with Crippen molar-refractivity contribution in [3.63, 3.8) is 0 Å². The highest BCUT2D eigenvalue weighted by Gasteiger charge is 2.54. The molecule has 26 heavy (non-hydrogen) atoms. The largest absolute Gasteiger partial charge is 0.459 e. The Morgan fingerprint density at radius 1 is 1.15 bits per heavy atom. The molecule has 0 aliphatic heterocycles. The van der Waals surface area contributed by atoms with E-state index in [1.165, 1.54) is 14.0 Å². The number of rotatable bonds is 8. The summed E-state index contributed by atoms with van der Waals surface area (Å²) in [6.07, 6.45) is -1.61. The first kappa shape index (κ1) is 22.6. The van der Waals surface area contributed by atoms with Crippen molar-refractivity contribution >= 4 is 17.7 Å². The van der Waals surface area contributed by atoms with Gasteiger partial charge in [0.15, 0.2) is 11.9 Å². The van der Waals surface area contributed by atoms with Gasteiger partial charge >= 0.3 is 11.9 Å². The lowest BCUT2D eigenvalue weighted by Crippen LogP contribution is -2.61. The van der Waals surface area contributed by atoms with E-state index in [0.717, 1.165) is 6.42 Å². The number of ether oxygens (including phenoxy) is 3. The van der Waals surface area contributed by atoms with Crippen LogP contribution in [0.2, 0.25) is 0 Å². The second-order valence-electron chi connectivity index (χ2n) is 7.42. The molecule has 6 atom stereocenters. The van der Waals surface area contributed by atoms with Gasteiger partial charge in [-0.25, -0.2) is 0 Å². The van der Waals surface area contributed by atoms with Crippen molar-refractivity contribution in [3.8, 4) is 0 Å². The van der Waals surface area contributed by atoms with Crippen LogP contribution in [-0.4, -0.2) is 54.9 Å². The van der Waals surface area contributed by atoms with Gasteiger partial charge in [0.2, 0.25) is 0 Å². The number of methoxy groups -OCH3 is 1. The zero-order chi connectivity index (χ0) is 20.0. The molecule has 1 aliphatic carbocycles. The molecule has 0 radical (unpaired) electrons. The van der Waals surface area contributed by atoms with Crippen molar-refractivity contribution in [1.29, 1.82) is 0 Å². The molecule has 1 saturated carbocycles. The van der Waals surface area contributed by atoms with Gasteiger partial charge in [-0.3, -0.25) is 14.4 Å². The molecule has 7 heteroatoms. The number of aliphatic hydroxyl groups excluding tert-OH is 1. The van der Waals surface area contributed by atoms with Crippen LogP contribution in [0.4, 0.5) is 0 Å². The van der Waals surface area contributed by atoms with E-state index < -0.39 is 48.7 Å². The molecule has 1 aliphatic rings. The Hall–Kier alpha value is -1.47. The normalized spacial score (nSPS) is 30.2.